The van der Waals surface area contributed by atoms with Gasteiger partial charge in [-0.3, -0.25) is 0 Å². The fourth-order valence-electron chi connectivity index (χ4n) is 2.27. The summed E-state index contributed by atoms with van der Waals surface area (Å²) in [6.45, 7) is 1.51. The van der Waals surface area contributed by atoms with Gasteiger partial charge in [-0.2, -0.15) is 112 Å². The molecule has 62 heavy (non-hydrogen) atoms. The molecule has 0 spiro atoms. The Labute approximate surface area is 348 Å². The Morgan fingerprint density at radius 1 is 0.355 bits per heavy atom. The summed E-state index contributed by atoms with van der Waals surface area (Å²) < 4.78 is 292. The summed E-state index contributed by atoms with van der Waals surface area (Å²) in [5, 5.41) is 72.8. The second-order valence-electron chi connectivity index (χ2n) is 10.5. The normalized spacial score (nSPS) is 17.5. The van der Waals surface area contributed by atoms with Crippen molar-refractivity contribution in [2.45, 2.75) is 124 Å². The van der Waals surface area contributed by atoms with Gasteiger partial charge in [-0.15, -0.1) is 12.6 Å². The Hall–Kier alpha value is -1.73. The summed E-state index contributed by atoms with van der Waals surface area (Å²) in [6, 6.07) is 0. The van der Waals surface area contributed by atoms with E-state index in [-0.39, 0.29) is 0 Å². The minimum absolute atomic E-state index is 0.663. The fraction of sp³-hybridized carbons (Fsp3) is 0.917. The molecule has 8 atom stereocenters. The molecule has 0 amide bonds. The third-order valence-corrected chi connectivity index (χ3v) is 5.44. The molecule has 0 fully saturated rings. The van der Waals surface area contributed by atoms with Crippen LogP contribution in [0.4, 0.5) is 105 Å². The standard InChI is InChI=1S/4C5H6F6O2.C4H6N2.2O.2V/c4*6-4(7,8)2(12)1-3(13)5(9,10)11;1-2-5-4-6-3-1;;;;/h4*2-3,12-13H,1H2;1-2H,3-4H2;;;;/q;;;;-2;;;;. The number of nitrogens with zero attached hydrogens (tertiary/aromatic N) is 2. The molecule has 0 aromatic carbocycles. The molecule has 0 aromatic rings. The average molecular weight is 1060 g/mol. The monoisotopic (exact) mass is 1060 g/mol. The summed E-state index contributed by atoms with van der Waals surface area (Å²) in [5.74, 6) is 0. The Morgan fingerprint density at radius 2 is 0.500 bits per heavy atom. The molecule has 1 aliphatic heterocycles. The zero-order chi connectivity index (χ0) is 51.7. The first kappa shape index (κ1) is 71.9. The number of aliphatic hydroxyl groups is 8. The fourth-order valence-corrected chi connectivity index (χ4v) is 2.27. The predicted octanol–water partition coefficient (Wildman–Crippen LogP) is 5.87. The van der Waals surface area contributed by atoms with Gasteiger partial charge in [0.15, 0.2) is 48.8 Å². The molecular formula is C24H30F24N2O10V2-2. The van der Waals surface area contributed by atoms with Crippen LogP contribution in [0.15, 0.2) is 12.3 Å². The van der Waals surface area contributed by atoms with E-state index in [2.05, 4.69) is 10.6 Å². The van der Waals surface area contributed by atoms with Crippen molar-refractivity contribution < 1.29 is 188 Å². The van der Waals surface area contributed by atoms with Crippen LogP contribution < -0.4 is 0 Å². The summed E-state index contributed by atoms with van der Waals surface area (Å²) in [6.07, 6.45) is -69.9. The van der Waals surface area contributed by atoms with Gasteiger partial charge in [0.1, 0.15) is 0 Å². The van der Waals surface area contributed by atoms with Crippen LogP contribution in [-0.4, -0.2) is 152 Å². The number of hydrogen-bond acceptors (Lipinski definition) is 10. The van der Waals surface area contributed by atoms with Crippen LogP contribution in [-0.2, 0) is 42.1 Å². The topological polar surface area (TPSA) is 224 Å². The quantitative estimate of drug-likeness (QED) is 0.135. The Morgan fingerprint density at radius 3 is 0.548 bits per heavy atom. The van der Waals surface area contributed by atoms with E-state index >= 15 is 0 Å². The molecule has 0 aliphatic carbocycles. The molecule has 1 heterocycles. The number of aliphatic hydroxyl groups excluding tert-OH is 8. The number of hydrogen-bond donors (Lipinski definition) is 8. The van der Waals surface area contributed by atoms with Gasteiger partial charge < -0.3 is 51.5 Å². The molecule has 12 nitrogen and oxygen atoms in total. The molecule has 0 radical (unpaired) electrons. The maximum absolute atomic E-state index is 11.5. The Balaban J connectivity index is -0.000000157. The molecule has 38 heteroatoms. The summed E-state index contributed by atoms with van der Waals surface area (Å²) in [7, 11) is 0. The number of alkyl halides is 24. The zero-order valence-electron chi connectivity index (χ0n) is 29.3. The van der Waals surface area contributed by atoms with Gasteiger partial charge in [-0.05, 0) is 0 Å². The van der Waals surface area contributed by atoms with Crippen molar-refractivity contribution in [3.63, 3.8) is 0 Å². The van der Waals surface area contributed by atoms with Crippen molar-refractivity contribution in [1.82, 2.24) is 0 Å². The van der Waals surface area contributed by atoms with E-state index in [1.54, 1.807) is 6.20 Å². The minimum atomic E-state index is -5.15. The van der Waals surface area contributed by atoms with E-state index < -0.39 is 124 Å². The van der Waals surface area contributed by atoms with Crippen molar-refractivity contribution in [2.75, 3.05) is 13.2 Å². The molecule has 8 unspecified atom stereocenters. The molecule has 376 valence electrons. The number of halogens is 24. The van der Waals surface area contributed by atoms with E-state index in [9.17, 15) is 105 Å². The third-order valence-electron chi connectivity index (χ3n) is 5.44. The molecule has 0 bridgehead atoms. The first-order chi connectivity index (χ1) is 27.2. The van der Waals surface area contributed by atoms with Crippen LogP contribution in [0.1, 0.15) is 25.7 Å². The van der Waals surface area contributed by atoms with Crippen molar-refractivity contribution in [2.24, 2.45) is 0 Å². The van der Waals surface area contributed by atoms with Crippen LogP contribution in [0.2, 0.25) is 0 Å². The van der Waals surface area contributed by atoms with Gasteiger partial charge in [0.05, 0.1) is 0 Å². The summed E-state index contributed by atoms with van der Waals surface area (Å²) >= 11 is 2.12. The molecule has 0 aromatic heterocycles. The summed E-state index contributed by atoms with van der Waals surface area (Å²) in [5.41, 5.74) is 0. The molecule has 0 saturated carbocycles. The van der Waals surface area contributed by atoms with Crippen molar-refractivity contribution >= 4 is 0 Å². The van der Waals surface area contributed by atoms with E-state index in [1.165, 1.54) is 0 Å². The van der Waals surface area contributed by atoms with Crippen LogP contribution in [0, 0.1) is 0 Å². The summed E-state index contributed by atoms with van der Waals surface area (Å²) in [4.78, 5) is 0. The van der Waals surface area contributed by atoms with Gasteiger partial charge in [-0.25, -0.2) is 6.67 Å². The van der Waals surface area contributed by atoms with Crippen molar-refractivity contribution in [3.8, 4) is 0 Å². The van der Waals surface area contributed by atoms with Crippen molar-refractivity contribution in [1.29, 1.82) is 0 Å². The second-order valence-corrected chi connectivity index (χ2v) is 10.5. The first-order valence-electron chi connectivity index (χ1n) is 14.5. The molecule has 8 N–H and O–H groups in total. The molecule has 0 saturated heterocycles. The van der Waals surface area contributed by atoms with E-state index in [4.69, 9.17) is 48.2 Å². The predicted molar refractivity (Wildman–Crippen MR) is 142 cm³/mol. The zero-order valence-corrected chi connectivity index (χ0v) is 32.1. The van der Waals surface area contributed by atoms with E-state index in [1.807, 2.05) is 6.08 Å². The van der Waals surface area contributed by atoms with Crippen LogP contribution in [0.5, 0.6) is 0 Å². The second kappa shape index (κ2) is 31.2. The SMILES string of the molecule is C1=C[N-]C[N-]C1.OC(CC(O)C(F)(F)F)C(F)(F)F.OC(CC(O)C(F)(F)F)C(F)(F)F.OC(CC(O)C(F)(F)F)C(F)(F)F.OC(CC(O)C(F)(F)F)C(F)(F)F.[O]=[V].[O]=[V]. The number of rotatable bonds is 8. The maximum atomic E-state index is 11.5. The van der Waals surface area contributed by atoms with Gasteiger partial charge in [0.2, 0.25) is 0 Å². The van der Waals surface area contributed by atoms with Crippen molar-refractivity contribution in [3.05, 3.63) is 22.9 Å². The average Bonchev–Trinajstić information content (AvgIpc) is 3.08. The Kier molecular flexibility index (Phi) is 36.2. The first-order valence-corrected chi connectivity index (χ1v) is 15.6. The molecule has 1 rings (SSSR count). The van der Waals surface area contributed by atoms with Gasteiger partial charge in [-0.1, -0.05) is 0 Å². The van der Waals surface area contributed by atoms with E-state index in [0.717, 1.165) is 41.3 Å². The van der Waals surface area contributed by atoms with E-state index in [0.29, 0.717) is 6.67 Å². The van der Waals surface area contributed by atoms with Gasteiger partial charge >= 0.3 is 91.5 Å². The van der Waals surface area contributed by atoms with Gasteiger partial charge in [0.25, 0.3) is 0 Å². The molecular weight excluding hydrogens is 1030 g/mol. The third kappa shape index (κ3) is 41.0. The van der Waals surface area contributed by atoms with Gasteiger partial charge in [0, 0.05) is 25.7 Å². The van der Waals surface area contributed by atoms with Crippen LogP contribution >= 0.6 is 0 Å². The van der Waals surface area contributed by atoms with Crippen LogP contribution in [0.25, 0.3) is 10.6 Å². The Bertz CT molecular complexity index is 919. The van der Waals surface area contributed by atoms with Crippen LogP contribution in [0.3, 0.4) is 0 Å². The molecule has 1 aliphatic rings.